The van der Waals surface area contributed by atoms with Crippen molar-refractivity contribution in [3.05, 3.63) is 28.7 Å². The zero-order chi connectivity index (χ0) is 13.2. The summed E-state index contributed by atoms with van der Waals surface area (Å²) in [5.74, 6) is 1.18. The molecule has 1 amide bonds. The fraction of sp³-hybridized carbons (Fsp3) is 0.462. The summed E-state index contributed by atoms with van der Waals surface area (Å²) in [6, 6.07) is 7.60. The van der Waals surface area contributed by atoms with Gasteiger partial charge >= 0.3 is 0 Å². The summed E-state index contributed by atoms with van der Waals surface area (Å²) in [4.78, 5) is 11.7. The maximum atomic E-state index is 11.7. The third-order valence-corrected chi connectivity index (χ3v) is 3.77. The maximum Gasteiger partial charge on any atom is 0.238 e. The molecule has 3 nitrogen and oxygen atoms in total. The van der Waals surface area contributed by atoms with E-state index in [1.165, 1.54) is 12.2 Å². The van der Waals surface area contributed by atoms with E-state index in [0.29, 0.717) is 6.54 Å². The predicted octanol–water partition coefficient (Wildman–Crippen LogP) is 3.12. The number of hydrogen-bond donors (Lipinski definition) is 2. The van der Waals surface area contributed by atoms with Crippen molar-refractivity contribution in [2.45, 2.75) is 12.8 Å². The van der Waals surface area contributed by atoms with Gasteiger partial charge in [-0.2, -0.15) is 11.8 Å². The molecule has 1 aromatic carbocycles. The van der Waals surface area contributed by atoms with Crippen molar-refractivity contribution in [2.75, 3.05) is 30.4 Å². The van der Waals surface area contributed by atoms with Crippen LogP contribution in [0.1, 0.15) is 12.8 Å². The number of unbranched alkanes of at least 4 members (excludes halogenated alkanes) is 1. The van der Waals surface area contributed by atoms with Gasteiger partial charge in [-0.15, -0.1) is 0 Å². The van der Waals surface area contributed by atoms with Crippen LogP contribution in [-0.2, 0) is 4.79 Å². The Morgan fingerprint density at radius 3 is 2.83 bits per heavy atom. The number of benzene rings is 1. The Kier molecular flexibility index (Phi) is 8.13. The Balaban J connectivity index is 2.16. The number of thioether (sulfide) groups is 1. The molecule has 0 atom stereocenters. The summed E-state index contributed by atoms with van der Waals surface area (Å²) in [7, 11) is 0. The minimum atomic E-state index is -0.00762. The van der Waals surface area contributed by atoms with Gasteiger partial charge in [0.2, 0.25) is 5.91 Å². The van der Waals surface area contributed by atoms with Crippen LogP contribution in [0.15, 0.2) is 28.7 Å². The Morgan fingerprint density at radius 2 is 2.11 bits per heavy atom. The molecule has 0 bridgehead atoms. The fourth-order valence-corrected chi connectivity index (χ4v) is 2.33. The van der Waals surface area contributed by atoms with Gasteiger partial charge in [0, 0.05) is 4.47 Å². The molecule has 0 aromatic heterocycles. The van der Waals surface area contributed by atoms with Crippen LogP contribution in [0.2, 0.25) is 0 Å². The predicted molar refractivity (Wildman–Crippen MR) is 83.3 cm³/mol. The molecule has 0 saturated heterocycles. The molecule has 0 fully saturated rings. The molecule has 2 N–H and O–H groups in total. The van der Waals surface area contributed by atoms with Crippen LogP contribution in [0.25, 0.3) is 0 Å². The fourth-order valence-electron chi connectivity index (χ4n) is 1.46. The standard InChI is InChI=1S/C13H19BrN2OS/c1-18-9-5-4-8-15-10-13(17)16-12-7-3-2-6-11(12)14/h2-3,6-7,15H,4-5,8-10H2,1H3,(H,16,17). The quantitative estimate of drug-likeness (QED) is 0.719. The highest BCUT2D eigenvalue weighted by atomic mass is 79.9. The molecule has 18 heavy (non-hydrogen) atoms. The topological polar surface area (TPSA) is 41.1 Å². The minimum absolute atomic E-state index is 0.00762. The van der Waals surface area contributed by atoms with E-state index in [-0.39, 0.29) is 5.91 Å². The first-order valence-electron chi connectivity index (χ1n) is 5.98. The van der Waals surface area contributed by atoms with Gasteiger partial charge in [0.05, 0.1) is 12.2 Å². The first kappa shape index (κ1) is 15.5. The number of rotatable bonds is 8. The van der Waals surface area contributed by atoms with Crippen molar-refractivity contribution in [1.82, 2.24) is 5.32 Å². The number of amides is 1. The third kappa shape index (κ3) is 6.42. The van der Waals surface area contributed by atoms with Gasteiger partial charge < -0.3 is 10.6 Å². The van der Waals surface area contributed by atoms with E-state index in [4.69, 9.17) is 0 Å². The number of hydrogen-bond acceptors (Lipinski definition) is 3. The lowest BCUT2D eigenvalue weighted by Crippen LogP contribution is -2.28. The molecule has 1 rings (SSSR count). The van der Waals surface area contributed by atoms with E-state index in [2.05, 4.69) is 32.8 Å². The molecular weight excluding hydrogens is 312 g/mol. The highest BCUT2D eigenvalue weighted by molar-refractivity contribution is 9.10. The number of anilines is 1. The Morgan fingerprint density at radius 1 is 1.33 bits per heavy atom. The van der Waals surface area contributed by atoms with E-state index < -0.39 is 0 Å². The number of halogens is 1. The van der Waals surface area contributed by atoms with Gasteiger partial charge in [-0.3, -0.25) is 4.79 Å². The molecule has 0 radical (unpaired) electrons. The van der Waals surface area contributed by atoms with Crippen molar-refractivity contribution in [2.24, 2.45) is 0 Å². The highest BCUT2D eigenvalue weighted by Gasteiger charge is 2.03. The molecule has 5 heteroatoms. The number of carbonyl (C=O) groups excluding carboxylic acids is 1. The van der Waals surface area contributed by atoms with Gasteiger partial charge in [0.15, 0.2) is 0 Å². The Labute approximate surface area is 121 Å². The van der Waals surface area contributed by atoms with Gasteiger partial charge in [-0.05, 0) is 59.5 Å². The lowest BCUT2D eigenvalue weighted by molar-refractivity contribution is -0.115. The van der Waals surface area contributed by atoms with E-state index in [1.54, 1.807) is 0 Å². The molecule has 0 aliphatic heterocycles. The van der Waals surface area contributed by atoms with Crippen molar-refractivity contribution >= 4 is 39.3 Å². The number of para-hydroxylation sites is 1. The van der Waals surface area contributed by atoms with Crippen LogP contribution in [0.5, 0.6) is 0 Å². The van der Waals surface area contributed by atoms with Crippen LogP contribution in [-0.4, -0.2) is 31.0 Å². The normalized spacial score (nSPS) is 10.3. The second kappa shape index (κ2) is 9.42. The smallest absolute Gasteiger partial charge is 0.238 e. The molecular formula is C13H19BrN2OS. The minimum Gasteiger partial charge on any atom is -0.324 e. The maximum absolute atomic E-state index is 11.7. The summed E-state index contributed by atoms with van der Waals surface area (Å²) in [6.45, 7) is 1.25. The van der Waals surface area contributed by atoms with Crippen LogP contribution in [0.4, 0.5) is 5.69 Å². The number of carbonyl (C=O) groups is 1. The second-order valence-electron chi connectivity index (χ2n) is 3.90. The summed E-state index contributed by atoms with van der Waals surface area (Å²) >= 11 is 5.25. The molecule has 1 aromatic rings. The van der Waals surface area contributed by atoms with Crippen molar-refractivity contribution < 1.29 is 4.79 Å². The molecule has 0 spiro atoms. The summed E-state index contributed by atoms with van der Waals surface area (Å²) in [5.41, 5.74) is 0.812. The van der Waals surface area contributed by atoms with Crippen LogP contribution >= 0.6 is 27.7 Å². The molecule has 0 aliphatic carbocycles. The summed E-state index contributed by atoms with van der Waals surface area (Å²) < 4.78 is 0.901. The van der Waals surface area contributed by atoms with Gasteiger partial charge in [0.1, 0.15) is 0 Å². The van der Waals surface area contributed by atoms with Gasteiger partial charge in [-0.1, -0.05) is 12.1 Å². The van der Waals surface area contributed by atoms with Crippen molar-refractivity contribution in [3.8, 4) is 0 Å². The van der Waals surface area contributed by atoms with E-state index in [0.717, 1.165) is 23.1 Å². The van der Waals surface area contributed by atoms with Gasteiger partial charge in [0.25, 0.3) is 0 Å². The zero-order valence-corrected chi connectivity index (χ0v) is 12.9. The number of nitrogens with one attached hydrogen (secondary N) is 2. The van der Waals surface area contributed by atoms with E-state index in [1.807, 2.05) is 36.0 Å². The van der Waals surface area contributed by atoms with Crippen molar-refractivity contribution in [3.63, 3.8) is 0 Å². The largest absolute Gasteiger partial charge is 0.324 e. The SMILES string of the molecule is CSCCCCNCC(=O)Nc1ccccc1Br. The summed E-state index contributed by atoms with van der Waals surface area (Å²) in [6.07, 6.45) is 4.42. The average Bonchev–Trinajstić information content (AvgIpc) is 2.36. The first-order chi connectivity index (χ1) is 8.74. The van der Waals surface area contributed by atoms with E-state index >= 15 is 0 Å². The highest BCUT2D eigenvalue weighted by Crippen LogP contribution is 2.20. The van der Waals surface area contributed by atoms with Crippen LogP contribution < -0.4 is 10.6 Å². The van der Waals surface area contributed by atoms with Crippen LogP contribution in [0, 0.1) is 0 Å². The average molecular weight is 331 g/mol. The molecule has 0 unspecified atom stereocenters. The Hall–Kier alpha value is -0.520. The molecule has 100 valence electrons. The van der Waals surface area contributed by atoms with E-state index in [9.17, 15) is 4.79 Å². The molecule has 0 aliphatic rings. The lowest BCUT2D eigenvalue weighted by Gasteiger charge is -2.08. The Bertz CT molecular complexity index is 374. The van der Waals surface area contributed by atoms with Crippen molar-refractivity contribution in [1.29, 1.82) is 0 Å². The third-order valence-electron chi connectivity index (χ3n) is 2.39. The molecule has 0 saturated carbocycles. The molecule has 0 heterocycles. The monoisotopic (exact) mass is 330 g/mol. The summed E-state index contributed by atoms with van der Waals surface area (Å²) in [5, 5.41) is 6.01. The second-order valence-corrected chi connectivity index (χ2v) is 5.74. The van der Waals surface area contributed by atoms with Gasteiger partial charge in [-0.25, -0.2) is 0 Å². The van der Waals surface area contributed by atoms with Crippen LogP contribution in [0.3, 0.4) is 0 Å². The zero-order valence-electron chi connectivity index (χ0n) is 10.5. The first-order valence-corrected chi connectivity index (χ1v) is 8.16. The lowest BCUT2D eigenvalue weighted by atomic mass is 10.3.